The minimum atomic E-state index is -2.34. The van der Waals surface area contributed by atoms with Crippen LogP contribution in [0.4, 0.5) is 0 Å². The molecule has 1 unspecified atom stereocenters. The number of nitrogens with zero attached hydrogens (tertiary/aromatic N) is 1. The maximum Gasteiger partial charge on any atom is 0.185 e. The van der Waals surface area contributed by atoms with E-state index in [1.807, 2.05) is 12.1 Å². The molecular formula is C10H16ClNOSSi. The second-order valence-corrected chi connectivity index (χ2v) is 12.0. The lowest BCUT2D eigenvalue weighted by Gasteiger charge is -2.14. The largest absolute Gasteiger partial charge is 0.274 e. The van der Waals surface area contributed by atoms with Gasteiger partial charge in [0.05, 0.1) is 19.6 Å². The van der Waals surface area contributed by atoms with Gasteiger partial charge in [0.2, 0.25) is 0 Å². The van der Waals surface area contributed by atoms with Crippen molar-refractivity contribution in [1.29, 1.82) is 0 Å². The molecular weight excluding hydrogens is 246 g/mol. The Labute approximate surface area is 97.9 Å². The molecule has 0 saturated carbocycles. The summed E-state index contributed by atoms with van der Waals surface area (Å²) < 4.78 is 16.9. The molecule has 0 aliphatic rings. The lowest BCUT2D eigenvalue weighted by molar-refractivity contribution is 0.681. The number of rotatable bonds is 2. The summed E-state index contributed by atoms with van der Waals surface area (Å²) in [6, 6.07) is 7.20. The summed E-state index contributed by atoms with van der Waals surface area (Å²) in [5.41, 5.74) is 0. The summed E-state index contributed by atoms with van der Waals surface area (Å²) in [6.07, 6.45) is 1.66. The molecule has 2 nitrogen and oxygen atoms in total. The topological polar surface area (TPSA) is 29.4 Å². The lowest BCUT2D eigenvalue weighted by atomic mass is 10.4. The van der Waals surface area contributed by atoms with Crippen LogP contribution in [0.25, 0.3) is 0 Å². The molecule has 1 atom stereocenters. The van der Waals surface area contributed by atoms with Crippen molar-refractivity contribution in [3.63, 3.8) is 0 Å². The molecule has 0 saturated heterocycles. The highest BCUT2D eigenvalue weighted by atomic mass is 35.5. The Morgan fingerprint density at radius 2 is 1.80 bits per heavy atom. The molecule has 0 heterocycles. The Bertz CT molecular complexity index is 473. The summed E-state index contributed by atoms with van der Waals surface area (Å²) in [6.45, 7) is 6.19. The van der Waals surface area contributed by atoms with Crippen LogP contribution in [0.3, 0.4) is 0 Å². The molecule has 0 N–H and O–H groups in total. The van der Waals surface area contributed by atoms with Gasteiger partial charge in [0.1, 0.15) is 0 Å². The first-order valence-electron chi connectivity index (χ1n) is 4.70. The van der Waals surface area contributed by atoms with Crippen molar-refractivity contribution in [3.05, 3.63) is 29.3 Å². The van der Waals surface area contributed by atoms with Crippen LogP contribution in [-0.2, 0) is 9.73 Å². The maximum absolute atomic E-state index is 12.4. The van der Waals surface area contributed by atoms with Crippen LogP contribution in [-0.4, -0.2) is 18.7 Å². The predicted octanol–water partition coefficient (Wildman–Crippen LogP) is 3.63. The minimum Gasteiger partial charge on any atom is -0.274 e. The fourth-order valence-electron chi connectivity index (χ4n) is 1.32. The molecule has 0 aliphatic carbocycles. The number of benzene rings is 1. The molecule has 1 aromatic carbocycles. The fourth-order valence-corrected chi connectivity index (χ4v) is 7.22. The zero-order valence-electron chi connectivity index (χ0n) is 9.45. The summed E-state index contributed by atoms with van der Waals surface area (Å²) in [5, 5.41) is 0.534. The third-order valence-electron chi connectivity index (χ3n) is 1.69. The first kappa shape index (κ1) is 12.7. The highest BCUT2D eigenvalue weighted by molar-refractivity contribution is 7.93. The Hall–Kier alpha value is -0.323. The first-order valence-corrected chi connectivity index (χ1v) is 10.4. The summed E-state index contributed by atoms with van der Waals surface area (Å²) in [5.74, 6) is 0. The van der Waals surface area contributed by atoms with E-state index in [1.165, 1.54) is 0 Å². The van der Waals surface area contributed by atoms with Crippen LogP contribution < -0.4 is 0 Å². The quantitative estimate of drug-likeness (QED) is 0.748. The smallest absolute Gasteiger partial charge is 0.185 e. The van der Waals surface area contributed by atoms with Crippen molar-refractivity contribution in [2.24, 2.45) is 4.03 Å². The van der Waals surface area contributed by atoms with Crippen molar-refractivity contribution in [3.8, 4) is 0 Å². The number of hydrogen-bond acceptors (Lipinski definition) is 2. The van der Waals surface area contributed by atoms with Crippen LogP contribution in [0.1, 0.15) is 0 Å². The highest BCUT2D eigenvalue weighted by Gasteiger charge is 2.17. The Balaban J connectivity index is 3.36. The molecule has 0 spiro atoms. The van der Waals surface area contributed by atoms with Crippen molar-refractivity contribution >= 4 is 29.6 Å². The van der Waals surface area contributed by atoms with Crippen LogP contribution in [0.15, 0.2) is 33.2 Å². The third kappa shape index (κ3) is 3.63. The molecule has 0 aromatic heterocycles. The molecule has 1 aromatic rings. The van der Waals surface area contributed by atoms with Crippen LogP contribution in [0.5, 0.6) is 0 Å². The highest BCUT2D eigenvalue weighted by Crippen LogP contribution is 2.23. The molecule has 5 heteroatoms. The SMILES string of the molecule is C[Si](C)(C)N=S(C)(=O)c1ccccc1Cl. The number of halogens is 1. The van der Waals surface area contributed by atoms with Crippen molar-refractivity contribution in [2.45, 2.75) is 24.5 Å². The van der Waals surface area contributed by atoms with Gasteiger partial charge in [0, 0.05) is 6.26 Å². The summed E-state index contributed by atoms with van der Waals surface area (Å²) >= 11 is 6.01. The Kier molecular flexibility index (Phi) is 3.63. The van der Waals surface area contributed by atoms with Crippen LogP contribution in [0.2, 0.25) is 24.7 Å². The zero-order valence-corrected chi connectivity index (χ0v) is 12.0. The van der Waals surface area contributed by atoms with E-state index in [2.05, 4.69) is 23.7 Å². The average Bonchev–Trinajstić information content (AvgIpc) is 1.99. The molecule has 0 radical (unpaired) electrons. The molecule has 84 valence electrons. The van der Waals surface area contributed by atoms with E-state index >= 15 is 0 Å². The van der Waals surface area contributed by atoms with E-state index in [1.54, 1.807) is 18.4 Å². The minimum absolute atomic E-state index is 0.534. The van der Waals surface area contributed by atoms with Crippen molar-refractivity contribution in [2.75, 3.05) is 6.26 Å². The Morgan fingerprint density at radius 1 is 1.27 bits per heavy atom. The normalized spacial score (nSPS) is 15.8. The molecule has 0 aliphatic heterocycles. The van der Waals surface area contributed by atoms with E-state index < -0.39 is 18.0 Å². The van der Waals surface area contributed by atoms with Gasteiger partial charge in [-0.3, -0.25) is 4.03 Å². The summed E-state index contributed by atoms with van der Waals surface area (Å²) in [4.78, 5) is 0.647. The summed E-state index contributed by atoms with van der Waals surface area (Å²) in [7, 11) is -4.05. The van der Waals surface area contributed by atoms with E-state index in [-0.39, 0.29) is 0 Å². The van der Waals surface area contributed by atoms with Gasteiger partial charge in [-0.25, -0.2) is 4.21 Å². The lowest BCUT2D eigenvalue weighted by Crippen LogP contribution is -2.19. The van der Waals surface area contributed by atoms with Gasteiger partial charge in [-0.2, -0.15) is 0 Å². The maximum atomic E-state index is 12.4. The van der Waals surface area contributed by atoms with E-state index in [0.29, 0.717) is 9.92 Å². The van der Waals surface area contributed by atoms with Gasteiger partial charge in [0.15, 0.2) is 8.24 Å². The van der Waals surface area contributed by atoms with Gasteiger partial charge >= 0.3 is 0 Å². The fraction of sp³-hybridized carbons (Fsp3) is 0.400. The standard InChI is InChI=1S/C10H16ClNOSSi/c1-14(13,12-15(2,3)4)10-8-6-5-7-9(10)11/h5-8H,1-4H3. The van der Waals surface area contributed by atoms with Gasteiger partial charge in [-0.15, -0.1) is 0 Å². The number of hydrogen-bond donors (Lipinski definition) is 0. The second-order valence-electron chi connectivity index (χ2n) is 4.50. The molecule has 0 amide bonds. The predicted molar refractivity (Wildman–Crippen MR) is 69.6 cm³/mol. The van der Waals surface area contributed by atoms with E-state index in [0.717, 1.165) is 0 Å². The average molecular weight is 262 g/mol. The molecule has 0 bridgehead atoms. The van der Waals surface area contributed by atoms with Gasteiger partial charge in [-0.1, -0.05) is 23.7 Å². The molecule has 1 rings (SSSR count). The van der Waals surface area contributed by atoms with Gasteiger partial charge < -0.3 is 0 Å². The molecule has 15 heavy (non-hydrogen) atoms. The first-order chi connectivity index (χ1) is 6.72. The van der Waals surface area contributed by atoms with Gasteiger partial charge in [0.25, 0.3) is 0 Å². The third-order valence-corrected chi connectivity index (χ3v) is 6.89. The zero-order chi connectivity index (χ0) is 11.7. The molecule has 0 fully saturated rings. The van der Waals surface area contributed by atoms with E-state index in [4.69, 9.17) is 11.6 Å². The van der Waals surface area contributed by atoms with E-state index in [9.17, 15) is 4.21 Å². The van der Waals surface area contributed by atoms with Crippen molar-refractivity contribution in [1.82, 2.24) is 0 Å². The van der Waals surface area contributed by atoms with Crippen LogP contribution in [0, 0.1) is 0 Å². The monoisotopic (exact) mass is 261 g/mol. The second kappa shape index (κ2) is 4.27. The van der Waals surface area contributed by atoms with Crippen molar-refractivity contribution < 1.29 is 4.21 Å². The van der Waals surface area contributed by atoms with Gasteiger partial charge in [-0.05, 0) is 31.8 Å². The van der Waals surface area contributed by atoms with Crippen LogP contribution >= 0.6 is 11.6 Å². The Morgan fingerprint density at radius 3 is 2.27 bits per heavy atom.